The molecule has 0 aromatic carbocycles. The number of likely N-dealkylation sites (tertiary alicyclic amines) is 1. The molecule has 0 aromatic rings. The van der Waals surface area contributed by atoms with Crippen LogP contribution in [0.5, 0.6) is 0 Å². The highest BCUT2D eigenvalue weighted by Crippen LogP contribution is 2.34. The molecule has 2 fully saturated rings. The molecular weight excluding hydrogens is 262 g/mol. The number of allylic oxidation sites excluding steroid dienone is 2. The minimum Gasteiger partial charge on any atom is -0.316 e. The lowest BCUT2D eigenvalue weighted by Crippen LogP contribution is -2.43. The fraction of sp³-hybridized carbons (Fsp3) is 0.824. The van der Waals surface area contributed by atoms with Gasteiger partial charge >= 0.3 is 0 Å². The van der Waals surface area contributed by atoms with Crippen molar-refractivity contribution in [2.45, 2.75) is 45.6 Å². The molecule has 2 heterocycles. The number of amides is 1. The number of likely N-dealkylation sites (N-methyl/N-ethyl adjacent to an activating group) is 1. The van der Waals surface area contributed by atoms with Gasteiger partial charge in [0.15, 0.2) is 0 Å². The first kappa shape index (κ1) is 15.0. The van der Waals surface area contributed by atoms with Crippen molar-refractivity contribution >= 4 is 5.91 Å². The zero-order valence-electron chi connectivity index (χ0n) is 13.5. The fourth-order valence-electron chi connectivity index (χ4n) is 4.55. The van der Waals surface area contributed by atoms with Crippen LogP contribution in [0.2, 0.25) is 0 Å². The van der Waals surface area contributed by atoms with Gasteiger partial charge in [-0.25, -0.2) is 0 Å². The van der Waals surface area contributed by atoms with Gasteiger partial charge in [0.1, 0.15) is 0 Å². The molecule has 0 saturated carbocycles. The van der Waals surface area contributed by atoms with Gasteiger partial charge in [-0.05, 0) is 57.5 Å². The van der Waals surface area contributed by atoms with E-state index < -0.39 is 0 Å². The van der Waals surface area contributed by atoms with Crippen molar-refractivity contribution in [3.05, 3.63) is 11.8 Å². The third kappa shape index (κ3) is 2.88. The maximum atomic E-state index is 12.7. The lowest BCUT2D eigenvalue weighted by atomic mass is 9.93. The summed E-state index contributed by atoms with van der Waals surface area (Å²) in [5.74, 6) is 1.81. The van der Waals surface area contributed by atoms with E-state index in [4.69, 9.17) is 0 Å². The van der Waals surface area contributed by atoms with Crippen LogP contribution in [-0.4, -0.2) is 54.5 Å². The molecule has 3 unspecified atom stereocenters. The highest BCUT2D eigenvalue weighted by Gasteiger charge is 2.43. The first-order valence-electron chi connectivity index (χ1n) is 8.68. The molecule has 3 rings (SSSR count). The van der Waals surface area contributed by atoms with Crippen molar-refractivity contribution in [1.82, 2.24) is 15.1 Å². The Labute approximate surface area is 128 Å². The molecule has 1 aliphatic carbocycles. The van der Waals surface area contributed by atoms with E-state index in [0.29, 0.717) is 18.5 Å². The number of rotatable bonds is 5. The van der Waals surface area contributed by atoms with Gasteiger partial charge in [-0.15, -0.1) is 0 Å². The smallest absolute Gasteiger partial charge is 0.240 e. The highest BCUT2D eigenvalue weighted by atomic mass is 16.2. The zero-order chi connectivity index (χ0) is 14.8. The number of nitrogens with zero attached hydrogens (tertiary/aromatic N) is 2. The molecule has 118 valence electrons. The summed E-state index contributed by atoms with van der Waals surface area (Å²) in [7, 11) is 0. The predicted octanol–water partition coefficient (Wildman–Crippen LogP) is 1.83. The average Bonchev–Trinajstić information content (AvgIpc) is 3.16. The van der Waals surface area contributed by atoms with Gasteiger partial charge in [0, 0.05) is 24.8 Å². The predicted molar refractivity (Wildman–Crippen MR) is 84.8 cm³/mol. The third-order valence-corrected chi connectivity index (χ3v) is 5.56. The molecule has 4 heteroatoms. The van der Waals surface area contributed by atoms with Crippen molar-refractivity contribution in [2.24, 2.45) is 11.8 Å². The standard InChI is InChI=1S/C17H29N3O/c1-3-16-15-10-18-9-13(15)11-19(16)12-17(21)20(4-2)14-7-5-6-8-14/h7,13,15-16,18H,3-6,8-12H2,1-2H3. The van der Waals surface area contributed by atoms with Gasteiger partial charge in [0.05, 0.1) is 6.54 Å². The first-order valence-corrected chi connectivity index (χ1v) is 8.68. The molecule has 3 atom stereocenters. The number of carbonyl (C=O) groups is 1. The van der Waals surface area contributed by atoms with Gasteiger partial charge in [0.2, 0.25) is 5.91 Å². The van der Waals surface area contributed by atoms with E-state index in [2.05, 4.69) is 30.1 Å². The lowest BCUT2D eigenvalue weighted by molar-refractivity contribution is -0.130. The molecule has 3 aliphatic rings. The van der Waals surface area contributed by atoms with Crippen LogP contribution in [0.4, 0.5) is 0 Å². The maximum absolute atomic E-state index is 12.7. The van der Waals surface area contributed by atoms with E-state index in [1.165, 1.54) is 12.1 Å². The first-order chi connectivity index (χ1) is 10.2. The molecular formula is C17H29N3O. The lowest BCUT2D eigenvalue weighted by Gasteiger charge is -2.29. The van der Waals surface area contributed by atoms with E-state index in [1.807, 2.05) is 4.90 Å². The van der Waals surface area contributed by atoms with Crippen molar-refractivity contribution in [3.63, 3.8) is 0 Å². The Morgan fingerprint density at radius 2 is 2.29 bits per heavy atom. The monoisotopic (exact) mass is 291 g/mol. The fourth-order valence-corrected chi connectivity index (χ4v) is 4.55. The summed E-state index contributed by atoms with van der Waals surface area (Å²) in [6.07, 6.45) is 6.82. The van der Waals surface area contributed by atoms with Crippen LogP contribution in [0.3, 0.4) is 0 Å². The van der Waals surface area contributed by atoms with Crippen LogP contribution >= 0.6 is 0 Å². The van der Waals surface area contributed by atoms with Gasteiger partial charge in [0.25, 0.3) is 0 Å². The van der Waals surface area contributed by atoms with Gasteiger partial charge in [-0.2, -0.15) is 0 Å². The second kappa shape index (κ2) is 6.49. The Hall–Kier alpha value is -0.870. The number of hydrogen-bond acceptors (Lipinski definition) is 3. The molecule has 1 N–H and O–H groups in total. The molecule has 0 radical (unpaired) electrons. The third-order valence-electron chi connectivity index (χ3n) is 5.56. The van der Waals surface area contributed by atoms with E-state index in [0.717, 1.165) is 57.3 Å². The van der Waals surface area contributed by atoms with Crippen LogP contribution in [0.25, 0.3) is 0 Å². The Morgan fingerprint density at radius 3 is 2.95 bits per heavy atom. The summed E-state index contributed by atoms with van der Waals surface area (Å²) in [6, 6.07) is 0.588. The Bertz CT molecular complexity index is 420. The molecule has 1 amide bonds. The molecule has 0 bridgehead atoms. The van der Waals surface area contributed by atoms with E-state index in [-0.39, 0.29) is 0 Å². The van der Waals surface area contributed by atoms with Crippen molar-refractivity contribution in [1.29, 1.82) is 0 Å². The van der Waals surface area contributed by atoms with Crippen LogP contribution in [0, 0.1) is 11.8 Å². The Balaban J connectivity index is 1.63. The summed E-state index contributed by atoms with van der Waals surface area (Å²) >= 11 is 0. The topological polar surface area (TPSA) is 35.6 Å². The molecule has 2 aliphatic heterocycles. The summed E-state index contributed by atoms with van der Waals surface area (Å²) in [6.45, 7) is 9.14. The Kier molecular flexibility index (Phi) is 4.65. The summed E-state index contributed by atoms with van der Waals surface area (Å²) in [4.78, 5) is 17.2. The van der Waals surface area contributed by atoms with Gasteiger partial charge in [-0.1, -0.05) is 13.0 Å². The van der Waals surface area contributed by atoms with Crippen molar-refractivity contribution in [2.75, 3.05) is 32.7 Å². The van der Waals surface area contributed by atoms with E-state index in [9.17, 15) is 4.79 Å². The van der Waals surface area contributed by atoms with E-state index >= 15 is 0 Å². The summed E-state index contributed by atoms with van der Waals surface area (Å²) < 4.78 is 0. The van der Waals surface area contributed by atoms with Crippen LogP contribution in [-0.2, 0) is 4.79 Å². The second-order valence-corrected chi connectivity index (χ2v) is 6.71. The Morgan fingerprint density at radius 1 is 1.43 bits per heavy atom. The van der Waals surface area contributed by atoms with Crippen molar-refractivity contribution < 1.29 is 4.79 Å². The zero-order valence-corrected chi connectivity index (χ0v) is 13.5. The summed E-state index contributed by atoms with van der Waals surface area (Å²) in [5.41, 5.74) is 1.26. The number of hydrogen-bond donors (Lipinski definition) is 1. The highest BCUT2D eigenvalue weighted by molar-refractivity contribution is 5.80. The quantitative estimate of drug-likeness (QED) is 0.839. The number of nitrogens with one attached hydrogen (secondary N) is 1. The molecule has 0 aromatic heterocycles. The van der Waals surface area contributed by atoms with Gasteiger partial charge < -0.3 is 10.2 Å². The number of carbonyl (C=O) groups excluding carboxylic acids is 1. The second-order valence-electron chi connectivity index (χ2n) is 6.71. The van der Waals surface area contributed by atoms with Crippen LogP contribution in [0.1, 0.15) is 39.5 Å². The minimum absolute atomic E-state index is 0.303. The largest absolute Gasteiger partial charge is 0.316 e. The molecule has 4 nitrogen and oxygen atoms in total. The van der Waals surface area contributed by atoms with Crippen LogP contribution in [0.15, 0.2) is 11.8 Å². The maximum Gasteiger partial charge on any atom is 0.240 e. The van der Waals surface area contributed by atoms with Crippen LogP contribution < -0.4 is 5.32 Å². The number of fused-ring (bicyclic) bond motifs is 1. The molecule has 2 saturated heterocycles. The van der Waals surface area contributed by atoms with Crippen molar-refractivity contribution in [3.8, 4) is 0 Å². The molecule has 21 heavy (non-hydrogen) atoms. The minimum atomic E-state index is 0.303. The van der Waals surface area contributed by atoms with Gasteiger partial charge in [-0.3, -0.25) is 9.69 Å². The molecule has 0 spiro atoms. The van der Waals surface area contributed by atoms with E-state index in [1.54, 1.807) is 0 Å². The SMILES string of the molecule is CCC1C2CNCC2CN1CC(=O)N(CC)C1=CCCC1. The summed E-state index contributed by atoms with van der Waals surface area (Å²) in [5, 5.41) is 3.51. The average molecular weight is 291 g/mol. The normalized spacial score (nSPS) is 32.3.